The van der Waals surface area contributed by atoms with Gasteiger partial charge in [-0.15, -0.1) is 0 Å². The third-order valence-electron chi connectivity index (χ3n) is 3.60. The third kappa shape index (κ3) is 4.51. The van der Waals surface area contributed by atoms with Gasteiger partial charge in [0.25, 0.3) is 5.91 Å². The summed E-state index contributed by atoms with van der Waals surface area (Å²) >= 11 is 0. The fraction of sp³-hybridized carbons (Fsp3) is 0.333. The topological polar surface area (TPSA) is 144 Å². The molecule has 0 bridgehead atoms. The molecule has 0 aliphatic rings. The number of rotatable bonds is 7. The second kappa shape index (κ2) is 8.39. The number of aryl methyl sites for hydroxylation is 1. The number of amides is 1. The molecular weight excluding hydrogens is 322 g/mol. The second-order valence-corrected chi connectivity index (χ2v) is 5.19. The molecule has 1 aromatic carbocycles. The molecule has 0 unspecified atom stereocenters. The molecule has 25 heavy (non-hydrogen) atoms. The Labute approximate surface area is 143 Å². The summed E-state index contributed by atoms with van der Waals surface area (Å²) in [5.74, 6) is 0.562. The molecule has 10 nitrogen and oxygen atoms in total. The first-order valence-corrected chi connectivity index (χ1v) is 7.58. The highest BCUT2D eigenvalue weighted by Gasteiger charge is 2.11. The van der Waals surface area contributed by atoms with Crippen molar-refractivity contribution >= 4 is 11.6 Å². The standard InChI is InChI=1S/C15H17N9O/c1-3-24-10(2)18-8-14(24)9-19-15(25)12-4-11(7-20-22-16)5-13(6-12)21-23-17/h4-6,8H,3,7,9H2,1-2H3,(H,19,25). The maximum absolute atomic E-state index is 12.4. The first-order chi connectivity index (χ1) is 12.1. The number of aromatic nitrogens is 2. The van der Waals surface area contributed by atoms with E-state index in [4.69, 9.17) is 11.1 Å². The van der Waals surface area contributed by atoms with Gasteiger partial charge in [-0.05, 0) is 48.7 Å². The van der Waals surface area contributed by atoms with Crippen molar-refractivity contribution in [1.82, 2.24) is 14.9 Å². The van der Waals surface area contributed by atoms with Gasteiger partial charge in [-0.1, -0.05) is 10.2 Å². The highest BCUT2D eigenvalue weighted by atomic mass is 16.1. The summed E-state index contributed by atoms with van der Waals surface area (Å²) in [6.45, 7) is 5.06. The van der Waals surface area contributed by atoms with Crippen LogP contribution in [0.2, 0.25) is 0 Å². The smallest absolute Gasteiger partial charge is 0.251 e. The Bertz CT molecular complexity index is 873. The fourth-order valence-electron chi connectivity index (χ4n) is 2.48. The Kier molecular flexibility index (Phi) is 6.00. The maximum Gasteiger partial charge on any atom is 0.251 e. The third-order valence-corrected chi connectivity index (χ3v) is 3.60. The van der Waals surface area contributed by atoms with E-state index in [0.717, 1.165) is 18.1 Å². The molecule has 0 atom stereocenters. The number of benzene rings is 1. The molecule has 2 rings (SSSR count). The van der Waals surface area contributed by atoms with Crippen LogP contribution in [0.1, 0.15) is 34.4 Å². The van der Waals surface area contributed by atoms with E-state index in [1.807, 2.05) is 18.4 Å². The lowest BCUT2D eigenvalue weighted by atomic mass is 10.1. The zero-order chi connectivity index (χ0) is 18.2. The number of nitrogens with zero attached hydrogens (tertiary/aromatic N) is 8. The number of imidazole rings is 1. The molecule has 0 aliphatic carbocycles. The van der Waals surface area contributed by atoms with Crippen LogP contribution < -0.4 is 5.32 Å². The first-order valence-electron chi connectivity index (χ1n) is 7.58. The Balaban J connectivity index is 2.20. The van der Waals surface area contributed by atoms with Gasteiger partial charge < -0.3 is 9.88 Å². The summed E-state index contributed by atoms with van der Waals surface area (Å²) in [4.78, 5) is 22.1. The van der Waals surface area contributed by atoms with Crippen molar-refractivity contribution in [2.24, 2.45) is 10.2 Å². The van der Waals surface area contributed by atoms with E-state index >= 15 is 0 Å². The summed E-state index contributed by atoms with van der Waals surface area (Å²) in [7, 11) is 0. The van der Waals surface area contributed by atoms with Crippen molar-refractivity contribution in [3.05, 3.63) is 67.9 Å². The average molecular weight is 339 g/mol. The molecule has 2 aromatic rings. The number of hydrogen-bond donors (Lipinski definition) is 1. The summed E-state index contributed by atoms with van der Waals surface area (Å²) in [6, 6.07) is 4.65. The van der Waals surface area contributed by atoms with E-state index in [-0.39, 0.29) is 18.1 Å². The van der Waals surface area contributed by atoms with Crippen LogP contribution in [0.15, 0.2) is 34.6 Å². The van der Waals surface area contributed by atoms with Crippen LogP contribution >= 0.6 is 0 Å². The number of carbonyl (C=O) groups is 1. The van der Waals surface area contributed by atoms with Gasteiger partial charge in [-0.2, -0.15) is 0 Å². The predicted molar refractivity (Wildman–Crippen MR) is 91.9 cm³/mol. The molecule has 1 aromatic heterocycles. The Morgan fingerprint density at radius 2 is 2.12 bits per heavy atom. The van der Waals surface area contributed by atoms with E-state index in [1.54, 1.807) is 18.3 Å². The zero-order valence-electron chi connectivity index (χ0n) is 13.9. The molecule has 0 saturated carbocycles. The molecule has 1 N–H and O–H groups in total. The number of nitrogens with one attached hydrogen (secondary N) is 1. The van der Waals surface area contributed by atoms with Crippen LogP contribution in [0.5, 0.6) is 0 Å². The van der Waals surface area contributed by atoms with E-state index in [0.29, 0.717) is 17.7 Å². The molecule has 128 valence electrons. The number of carbonyl (C=O) groups excluding carboxylic acids is 1. The van der Waals surface area contributed by atoms with Crippen molar-refractivity contribution in [2.75, 3.05) is 0 Å². The summed E-state index contributed by atoms with van der Waals surface area (Å²) in [5, 5.41) is 9.80. The lowest BCUT2D eigenvalue weighted by molar-refractivity contribution is 0.0950. The lowest BCUT2D eigenvalue weighted by Gasteiger charge is -2.10. The van der Waals surface area contributed by atoms with Crippen LogP contribution in [0.4, 0.5) is 5.69 Å². The summed E-state index contributed by atoms with van der Waals surface area (Å²) in [6.07, 6.45) is 1.72. The fourth-order valence-corrected chi connectivity index (χ4v) is 2.48. The van der Waals surface area contributed by atoms with Gasteiger partial charge in [0, 0.05) is 27.6 Å². The van der Waals surface area contributed by atoms with E-state index in [2.05, 4.69) is 30.4 Å². The van der Waals surface area contributed by atoms with E-state index in [9.17, 15) is 4.79 Å². The van der Waals surface area contributed by atoms with Crippen molar-refractivity contribution in [3.8, 4) is 0 Å². The molecule has 0 spiro atoms. The molecule has 0 saturated heterocycles. The Hall–Kier alpha value is -3.48. The molecule has 0 fully saturated rings. The predicted octanol–water partition coefficient (Wildman–Crippen LogP) is 3.89. The normalized spacial score (nSPS) is 9.84. The lowest BCUT2D eigenvalue weighted by Crippen LogP contribution is -2.24. The second-order valence-electron chi connectivity index (χ2n) is 5.19. The van der Waals surface area contributed by atoms with Gasteiger partial charge in [0.2, 0.25) is 0 Å². The van der Waals surface area contributed by atoms with Crippen LogP contribution in [0.3, 0.4) is 0 Å². The highest BCUT2D eigenvalue weighted by molar-refractivity contribution is 5.95. The molecular formula is C15H17N9O. The van der Waals surface area contributed by atoms with Gasteiger partial charge in [0.05, 0.1) is 25.0 Å². The first kappa shape index (κ1) is 17.9. The minimum Gasteiger partial charge on any atom is -0.346 e. The molecule has 10 heteroatoms. The Morgan fingerprint density at radius 1 is 1.32 bits per heavy atom. The summed E-state index contributed by atoms with van der Waals surface area (Å²) in [5.41, 5.74) is 19.1. The zero-order valence-corrected chi connectivity index (χ0v) is 13.9. The SMILES string of the molecule is CCn1c(CNC(=O)c2cc(CN=[N+]=[N-])cc(N=[N+]=[N-])c2)cnc1C. The summed E-state index contributed by atoms with van der Waals surface area (Å²) < 4.78 is 2.00. The van der Waals surface area contributed by atoms with E-state index < -0.39 is 0 Å². The van der Waals surface area contributed by atoms with Crippen molar-refractivity contribution < 1.29 is 4.79 Å². The monoisotopic (exact) mass is 339 g/mol. The van der Waals surface area contributed by atoms with Gasteiger partial charge in [-0.25, -0.2) is 4.98 Å². The van der Waals surface area contributed by atoms with Gasteiger partial charge in [0.1, 0.15) is 5.82 Å². The minimum absolute atomic E-state index is 0.0629. The van der Waals surface area contributed by atoms with Gasteiger partial charge in [-0.3, -0.25) is 4.79 Å². The number of hydrogen-bond acceptors (Lipinski definition) is 4. The van der Waals surface area contributed by atoms with Crippen LogP contribution in [0, 0.1) is 6.92 Å². The molecule has 1 heterocycles. The Morgan fingerprint density at radius 3 is 2.80 bits per heavy atom. The van der Waals surface area contributed by atoms with Crippen LogP contribution in [-0.2, 0) is 19.6 Å². The van der Waals surface area contributed by atoms with E-state index in [1.165, 1.54) is 6.07 Å². The quantitative estimate of drug-likeness (QED) is 0.463. The number of azide groups is 2. The van der Waals surface area contributed by atoms with Gasteiger partial charge >= 0.3 is 0 Å². The average Bonchev–Trinajstić information content (AvgIpc) is 2.97. The molecule has 0 radical (unpaired) electrons. The molecule has 1 amide bonds. The van der Waals surface area contributed by atoms with Crippen LogP contribution in [0.25, 0.3) is 20.9 Å². The van der Waals surface area contributed by atoms with Gasteiger partial charge in [0.15, 0.2) is 0 Å². The van der Waals surface area contributed by atoms with Crippen molar-refractivity contribution in [2.45, 2.75) is 33.5 Å². The largest absolute Gasteiger partial charge is 0.346 e. The highest BCUT2D eigenvalue weighted by Crippen LogP contribution is 2.19. The van der Waals surface area contributed by atoms with Crippen molar-refractivity contribution in [1.29, 1.82) is 0 Å². The van der Waals surface area contributed by atoms with Crippen LogP contribution in [-0.4, -0.2) is 15.5 Å². The molecule has 0 aliphatic heterocycles. The van der Waals surface area contributed by atoms with Crippen molar-refractivity contribution in [3.63, 3.8) is 0 Å². The minimum atomic E-state index is -0.321. The maximum atomic E-state index is 12.4.